The first-order valence-corrected chi connectivity index (χ1v) is 11.4. The summed E-state index contributed by atoms with van der Waals surface area (Å²) < 4.78 is 74.6. The van der Waals surface area contributed by atoms with Crippen molar-refractivity contribution in [2.24, 2.45) is 0 Å². The summed E-state index contributed by atoms with van der Waals surface area (Å²) in [5.41, 5.74) is -0.274. The minimum Gasteiger partial charge on any atom is -0.482 e. The lowest BCUT2D eigenvalue weighted by atomic mass is 10.2. The maximum atomic E-state index is 12.8. The summed E-state index contributed by atoms with van der Waals surface area (Å²) in [6.07, 6.45) is -1.98. The number of halogens is 3. The van der Waals surface area contributed by atoms with Gasteiger partial charge >= 0.3 is 6.18 Å². The first kappa shape index (κ1) is 24.6. The summed E-state index contributed by atoms with van der Waals surface area (Å²) in [5.74, 6) is -1.89. The molecule has 180 valence electrons. The van der Waals surface area contributed by atoms with E-state index in [1.54, 1.807) is 0 Å². The van der Waals surface area contributed by atoms with Gasteiger partial charge < -0.3 is 19.8 Å². The minimum absolute atomic E-state index is 0.0393. The molecule has 2 amide bonds. The van der Waals surface area contributed by atoms with E-state index < -0.39 is 40.7 Å². The predicted octanol–water partition coefficient (Wildman–Crippen LogP) is 2.76. The Bertz CT molecular complexity index is 1100. The third-order valence-corrected chi connectivity index (χ3v) is 6.68. The molecule has 1 aromatic heterocycles. The van der Waals surface area contributed by atoms with E-state index in [4.69, 9.17) is 9.15 Å². The molecule has 13 heteroatoms. The van der Waals surface area contributed by atoms with Gasteiger partial charge in [0.05, 0.1) is 16.8 Å². The highest BCUT2D eigenvalue weighted by molar-refractivity contribution is 7.89. The Morgan fingerprint density at radius 3 is 2.52 bits per heavy atom. The van der Waals surface area contributed by atoms with Crippen LogP contribution in [0.2, 0.25) is 0 Å². The monoisotopic (exact) mass is 489 g/mol. The molecule has 2 aromatic rings. The van der Waals surface area contributed by atoms with Gasteiger partial charge in [0.2, 0.25) is 15.9 Å². The van der Waals surface area contributed by atoms with Crippen molar-refractivity contribution in [1.29, 1.82) is 0 Å². The van der Waals surface area contributed by atoms with Crippen LogP contribution < -0.4 is 15.4 Å². The number of hydrogen-bond acceptors (Lipinski definition) is 6. The van der Waals surface area contributed by atoms with E-state index in [0.717, 1.165) is 18.2 Å². The Balaban J connectivity index is 1.82. The third-order valence-electron chi connectivity index (χ3n) is 4.79. The van der Waals surface area contributed by atoms with Crippen LogP contribution >= 0.6 is 0 Å². The molecule has 2 N–H and O–H groups in total. The van der Waals surface area contributed by atoms with E-state index >= 15 is 0 Å². The number of carbonyl (C=O) groups excluding carboxylic acids is 2. The fourth-order valence-corrected chi connectivity index (χ4v) is 4.66. The fourth-order valence-electron chi connectivity index (χ4n) is 3.11. The Labute approximate surface area is 187 Å². The summed E-state index contributed by atoms with van der Waals surface area (Å²) in [5, 5.41) is 4.72. The molecule has 0 bridgehead atoms. The highest BCUT2D eigenvalue weighted by atomic mass is 32.2. The molecule has 0 unspecified atom stereocenters. The van der Waals surface area contributed by atoms with Crippen molar-refractivity contribution < 1.29 is 40.3 Å². The van der Waals surface area contributed by atoms with Gasteiger partial charge in [-0.2, -0.15) is 17.5 Å². The zero-order valence-electron chi connectivity index (χ0n) is 17.5. The molecule has 9 nitrogen and oxygen atoms in total. The van der Waals surface area contributed by atoms with Crippen LogP contribution in [0.3, 0.4) is 0 Å². The van der Waals surface area contributed by atoms with Crippen LogP contribution in [0.5, 0.6) is 5.75 Å². The van der Waals surface area contributed by atoms with Crippen LogP contribution in [-0.2, 0) is 14.8 Å². The van der Waals surface area contributed by atoms with Gasteiger partial charge in [-0.15, -0.1) is 0 Å². The average Bonchev–Trinajstić information content (AvgIpc) is 3.46. The van der Waals surface area contributed by atoms with Gasteiger partial charge in [-0.05, 0) is 50.1 Å². The minimum atomic E-state index is -4.65. The number of furan rings is 1. The molecule has 1 aliphatic rings. The number of anilines is 1. The first-order valence-electron chi connectivity index (χ1n) is 9.96. The van der Waals surface area contributed by atoms with Crippen molar-refractivity contribution in [2.45, 2.75) is 36.9 Å². The van der Waals surface area contributed by atoms with Crippen LogP contribution in [0.1, 0.15) is 30.3 Å². The lowest BCUT2D eigenvalue weighted by Crippen LogP contribution is -2.41. The zero-order valence-corrected chi connectivity index (χ0v) is 18.3. The number of nitrogens with zero attached hydrogens (tertiary/aromatic N) is 1. The normalized spacial score (nSPS) is 15.8. The van der Waals surface area contributed by atoms with Crippen LogP contribution in [0.25, 0.3) is 0 Å². The molecule has 0 aliphatic carbocycles. The molecule has 1 saturated heterocycles. The van der Waals surface area contributed by atoms with Gasteiger partial charge in [0.15, 0.2) is 12.4 Å². The Kier molecular flexibility index (Phi) is 7.32. The standard InChI is InChI=1S/C20H22F3N3O6S/c1-13(24-19(28)17-5-4-10-31-17)18(27)25-15-11-14(33(29,30)26-8-2-3-9-26)6-7-16(15)32-12-20(21,22)23/h4-7,10-11,13H,2-3,8-9,12H2,1H3,(H,24,28)(H,25,27)/t13-/m0/s1. The van der Waals surface area contributed by atoms with E-state index in [-0.39, 0.29) is 22.1 Å². The number of amides is 2. The third kappa shape index (κ3) is 6.26. The number of benzene rings is 1. The van der Waals surface area contributed by atoms with Gasteiger partial charge in [0.25, 0.3) is 5.91 Å². The van der Waals surface area contributed by atoms with Gasteiger partial charge in [-0.3, -0.25) is 9.59 Å². The maximum Gasteiger partial charge on any atom is 0.422 e. The Hall–Kier alpha value is -3.06. The summed E-state index contributed by atoms with van der Waals surface area (Å²) in [7, 11) is -3.90. The van der Waals surface area contributed by atoms with E-state index in [9.17, 15) is 31.2 Å². The quantitative estimate of drug-likeness (QED) is 0.589. The highest BCUT2D eigenvalue weighted by Gasteiger charge is 2.31. The number of hydrogen-bond donors (Lipinski definition) is 2. The SMILES string of the molecule is C[C@H](NC(=O)c1ccco1)C(=O)Nc1cc(S(=O)(=O)N2CCCC2)ccc1OCC(F)(F)F. The van der Waals surface area contributed by atoms with E-state index in [2.05, 4.69) is 10.6 Å². The number of sulfonamides is 1. The van der Waals surface area contributed by atoms with Crippen molar-refractivity contribution >= 4 is 27.5 Å². The molecular formula is C20H22F3N3O6S. The van der Waals surface area contributed by atoms with Crippen LogP contribution in [0.15, 0.2) is 45.9 Å². The molecule has 3 rings (SSSR count). The van der Waals surface area contributed by atoms with Crippen LogP contribution in [0, 0.1) is 0 Å². The largest absolute Gasteiger partial charge is 0.482 e. The van der Waals surface area contributed by atoms with Crippen molar-refractivity contribution in [1.82, 2.24) is 9.62 Å². The zero-order chi connectivity index (χ0) is 24.2. The first-order chi connectivity index (χ1) is 15.5. The summed E-state index contributed by atoms with van der Waals surface area (Å²) in [6, 6.07) is 4.95. The summed E-state index contributed by atoms with van der Waals surface area (Å²) >= 11 is 0. The Morgan fingerprint density at radius 1 is 1.21 bits per heavy atom. The molecular weight excluding hydrogens is 467 g/mol. The molecule has 1 fully saturated rings. The van der Waals surface area contributed by atoms with Crippen molar-refractivity contribution in [3.8, 4) is 5.75 Å². The number of nitrogens with one attached hydrogen (secondary N) is 2. The average molecular weight is 489 g/mol. The number of rotatable bonds is 8. The van der Waals surface area contributed by atoms with Crippen molar-refractivity contribution in [3.05, 3.63) is 42.4 Å². The molecule has 2 heterocycles. The molecule has 1 atom stereocenters. The van der Waals surface area contributed by atoms with Crippen molar-refractivity contribution in [2.75, 3.05) is 25.0 Å². The molecule has 1 aromatic carbocycles. The van der Waals surface area contributed by atoms with Crippen molar-refractivity contribution in [3.63, 3.8) is 0 Å². The second-order valence-corrected chi connectivity index (χ2v) is 9.27. The van der Waals surface area contributed by atoms with E-state index in [1.165, 1.54) is 29.6 Å². The predicted molar refractivity (Wildman–Crippen MR) is 110 cm³/mol. The van der Waals surface area contributed by atoms with Gasteiger partial charge in [0.1, 0.15) is 11.8 Å². The number of alkyl halides is 3. The smallest absolute Gasteiger partial charge is 0.422 e. The van der Waals surface area contributed by atoms with Crippen LogP contribution in [0.4, 0.5) is 18.9 Å². The molecule has 33 heavy (non-hydrogen) atoms. The van der Waals surface area contributed by atoms with E-state index in [1.807, 2.05) is 0 Å². The second-order valence-electron chi connectivity index (χ2n) is 7.33. The molecule has 1 aliphatic heterocycles. The lowest BCUT2D eigenvalue weighted by Gasteiger charge is -2.19. The highest BCUT2D eigenvalue weighted by Crippen LogP contribution is 2.31. The molecule has 0 saturated carbocycles. The lowest BCUT2D eigenvalue weighted by molar-refractivity contribution is -0.153. The fraction of sp³-hybridized carbons (Fsp3) is 0.400. The summed E-state index contributed by atoms with van der Waals surface area (Å²) in [6.45, 7) is 0.356. The van der Waals surface area contributed by atoms with Gasteiger partial charge in [-0.25, -0.2) is 8.42 Å². The Morgan fingerprint density at radius 2 is 1.91 bits per heavy atom. The van der Waals surface area contributed by atoms with Crippen LogP contribution in [-0.4, -0.2) is 56.5 Å². The molecule has 0 radical (unpaired) electrons. The maximum absolute atomic E-state index is 12.8. The topological polar surface area (TPSA) is 118 Å². The molecule has 0 spiro atoms. The number of carbonyl (C=O) groups is 2. The van der Waals surface area contributed by atoms with Gasteiger partial charge in [0, 0.05) is 13.1 Å². The van der Waals surface area contributed by atoms with Gasteiger partial charge in [-0.1, -0.05) is 0 Å². The number of ether oxygens (including phenoxy) is 1. The van der Waals surface area contributed by atoms with E-state index in [0.29, 0.717) is 25.9 Å². The second kappa shape index (κ2) is 9.83. The summed E-state index contributed by atoms with van der Waals surface area (Å²) in [4.78, 5) is 24.5.